The Balaban J connectivity index is 2.20. The summed E-state index contributed by atoms with van der Waals surface area (Å²) in [7, 11) is 3.03. The molecule has 1 heterocycles. The normalized spacial score (nSPS) is 18.5. The van der Waals surface area contributed by atoms with Crippen molar-refractivity contribution in [1.29, 1.82) is 0 Å². The van der Waals surface area contributed by atoms with E-state index in [1.165, 1.54) is 19.1 Å². The molecule has 0 bridgehead atoms. The Bertz CT molecular complexity index is 923. The lowest BCUT2D eigenvalue weighted by atomic mass is 9.94. The lowest BCUT2D eigenvalue weighted by Crippen LogP contribution is -2.32. The van der Waals surface area contributed by atoms with Crippen LogP contribution in [0.2, 0.25) is 5.02 Å². The molecular formula is C21H20ClNO5. The van der Waals surface area contributed by atoms with Crippen LogP contribution in [0.1, 0.15) is 17.2 Å². The first-order chi connectivity index (χ1) is 13.5. The van der Waals surface area contributed by atoms with E-state index in [2.05, 4.69) is 0 Å². The minimum absolute atomic E-state index is 0.00734. The van der Waals surface area contributed by atoms with Crippen molar-refractivity contribution in [3.63, 3.8) is 0 Å². The molecule has 1 unspecified atom stereocenters. The maximum atomic E-state index is 12.8. The number of benzene rings is 2. The number of Topliss-reactive ketones (excluding diaryl/α,β-unsaturated/α-hetero) is 1. The molecule has 28 heavy (non-hydrogen) atoms. The number of aliphatic hydroxyl groups is 1. The van der Waals surface area contributed by atoms with Crippen LogP contribution in [0.4, 0.5) is 0 Å². The lowest BCUT2D eigenvalue weighted by Gasteiger charge is -2.26. The molecule has 0 aliphatic carbocycles. The molecule has 2 aromatic rings. The molecule has 1 fully saturated rings. The summed E-state index contributed by atoms with van der Waals surface area (Å²) in [4.78, 5) is 26.9. The van der Waals surface area contributed by atoms with Crippen LogP contribution in [0.5, 0.6) is 5.75 Å². The number of para-hydroxylation sites is 1. The highest BCUT2D eigenvalue weighted by atomic mass is 35.5. The molecule has 0 saturated carbocycles. The SMILES string of the molecule is COCCN1C(=O)C(=O)/C(=C(\O)c2ccc(Cl)cc2)C1c1ccccc1OC. The second-order valence-corrected chi connectivity index (χ2v) is 6.67. The lowest BCUT2D eigenvalue weighted by molar-refractivity contribution is -0.140. The van der Waals surface area contributed by atoms with Gasteiger partial charge in [0.15, 0.2) is 0 Å². The van der Waals surface area contributed by atoms with E-state index in [1.807, 2.05) is 0 Å². The second-order valence-electron chi connectivity index (χ2n) is 6.23. The number of amides is 1. The quantitative estimate of drug-likeness (QED) is 0.456. The number of ether oxygens (including phenoxy) is 2. The zero-order valence-electron chi connectivity index (χ0n) is 15.5. The van der Waals surface area contributed by atoms with E-state index in [0.717, 1.165) is 0 Å². The molecule has 0 aromatic heterocycles. The topological polar surface area (TPSA) is 76.1 Å². The van der Waals surface area contributed by atoms with Crippen LogP contribution in [0.25, 0.3) is 5.76 Å². The highest BCUT2D eigenvalue weighted by molar-refractivity contribution is 6.46. The number of nitrogens with zero attached hydrogens (tertiary/aromatic N) is 1. The molecule has 6 nitrogen and oxygen atoms in total. The van der Waals surface area contributed by atoms with Crippen molar-refractivity contribution in [2.75, 3.05) is 27.4 Å². The highest BCUT2D eigenvalue weighted by Crippen LogP contribution is 2.42. The van der Waals surface area contributed by atoms with Crippen molar-refractivity contribution in [3.05, 3.63) is 70.3 Å². The molecule has 2 aromatic carbocycles. The summed E-state index contributed by atoms with van der Waals surface area (Å²) in [6.07, 6.45) is 0. The minimum Gasteiger partial charge on any atom is -0.507 e. The minimum atomic E-state index is -0.790. The first-order valence-corrected chi connectivity index (χ1v) is 9.03. The van der Waals surface area contributed by atoms with Gasteiger partial charge in [-0.15, -0.1) is 0 Å². The van der Waals surface area contributed by atoms with Crippen molar-refractivity contribution in [2.24, 2.45) is 0 Å². The number of aliphatic hydroxyl groups excluding tert-OH is 1. The van der Waals surface area contributed by atoms with Crippen LogP contribution in [0.15, 0.2) is 54.1 Å². The Morgan fingerprint density at radius 2 is 1.79 bits per heavy atom. The predicted octanol–water partition coefficient (Wildman–Crippen LogP) is 3.42. The van der Waals surface area contributed by atoms with Crippen molar-refractivity contribution >= 4 is 29.1 Å². The van der Waals surface area contributed by atoms with Gasteiger partial charge in [0.1, 0.15) is 11.5 Å². The van der Waals surface area contributed by atoms with E-state index < -0.39 is 17.7 Å². The van der Waals surface area contributed by atoms with Gasteiger partial charge >= 0.3 is 0 Å². The number of halogens is 1. The molecule has 7 heteroatoms. The van der Waals surface area contributed by atoms with Gasteiger partial charge in [0.05, 0.1) is 25.3 Å². The zero-order chi connectivity index (χ0) is 20.3. The number of ketones is 1. The zero-order valence-corrected chi connectivity index (χ0v) is 16.3. The maximum Gasteiger partial charge on any atom is 0.295 e. The van der Waals surface area contributed by atoms with Crippen LogP contribution in [-0.2, 0) is 14.3 Å². The largest absolute Gasteiger partial charge is 0.507 e. The molecule has 1 aliphatic heterocycles. The number of hydrogen-bond acceptors (Lipinski definition) is 5. The summed E-state index contributed by atoms with van der Waals surface area (Å²) in [5, 5.41) is 11.4. The number of carbonyl (C=O) groups is 2. The molecule has 3 rings (SSSR count). The monoisotopic (exact) mass is 401 g/mol. The molecule has 0 spiro atoms. The number of methoxy groups -OCH3 is 2. The number of carbonyl (C=O) groups excluding carboxylic acids is 2. The van der Waals surface area contributed by atoms with E-state index in [9.17, 15) is 14.7 Å². The third-order valence-electron chi connectivity index (χ3n) is 4.63. The molecule has 1 amide bonds. The van der Waals surface area contributed by atoms with Crippen LogP contribution >= 0.6 is 11.6 Å². The Kier molecular flexibility index (Phi) is 6.02. The summed E-state index contributed by atoms with van der Waals surface area (Å²) in [5.74, 6) is -1.19. The van der Waals surface area contributed by atoms with Gasteiger partial charge in [-0.1, -0.05) is 29.8 Å². The van der Waals surface area contributed by atoms with Gasteiger partial charge in [-0.3, -0.25) is 9.59 Å². The summed E-state index contributed by atoms with van der Waals surface area (Å²) in [5.41, 5.74) is 1.01. The van der Waals surface area contributed by atoms with Gasteiger partial charge in [-0.25, -0.2) is 0 Å². The molecule has 146 valence electrons. The Morgan fingerprint density at radius 1 is 1.11 bits per heavy atom. The fourth-order valence-corrected chi connectivity index (χ4v) is 3.41. The van der Waals surface area contributed by atoms with Gasteiger partial charge in [-0.2, -0.15) is 0 Å². The number of likely N-dealkylation sites (tertiary alicyclic amines) is 1. The molecule has 1 saturated heterocycles. The van der Waals surface area contributed by atoms with Crippen molar-refractivity contribution in [2.45, 2.75) is 6.04 Å². The van der Waals surface area contributed by atoms with Crippen LogP contribution in [0, 0.1) is 0 Å². The highest BCUT2D eigenvalue weighted by Gasteiger charge is 2.46. The van der Waals surface area contributed by atoms with Crippen molar-refractivity contribution in [1.82, 2.24) is 4.90 Å². The Labute approximate surface area is 167 Å². The molecular weight excluding hydrogens is 382 g/mol. The van der Waals surface area contributed by atoms with Gasteiger partial charge in [0.25, 0.3) is 11.7 Å². The average Bonchev–Trinajstić information content (AvgIpc) is 2.96. The van der Waals surface area contributed by atoms with Gasteiger partial charge < -0.3 is 19.5 Å². The molecule has 1 aliphatic rings. The fraction of sp³-hybridized carbons (Fsp3) is 0.238. The van der Waals surface area contributed by atoms with Crippen molar-refractivity contribution in [3.8, 4) is 5.75 Å². The summed E-state index contributed by atoms with van der Waals surface area (Å²) in [6.45, 7) is 0.445. The van der Waals surface area contributed by atoms with Gasteiger partial charge in [0.2, 0.25) is 0 Å². The Morgan fingerprint density at radius 3 is 2.43 bits per heavy atom. The number of hydrogen-bond donors (Lipinski definition) is 1. The smallest absolute Gasteiger partial charge is 0.295 e. The van der Waals surface area contributed by atoms with E-state index in [1.54, 1.807) is 48.5 Å². The summed E-state index contributed by atoms with van der Waals surface area (Å²) >= 11 is 5.91. The maximum absolute atomic E-state index is 12.8. The third kappa shape index (κ3) is 3.61. The van der Waals surface area contributed by atoms with Gasteiger partial charge in [0, 0.05) is 29.8 Å². The van der Waals surface area contributed by atoms with E-state index >= 15 is 0 Å². The fourth-order valence-electron chi connectivity index (χ4n) is 3.28. The molecule has 1 N–H and O–H groups in total. The van der Waals surface area contributed by atoms with Gasteiger partial charge in [-0.05, 0) is 30.3 Å². The van der Waals surface area contributed by atoms with Crippen LogP contribution in [-0.4, -0.2) is 49.1 Å². The average molecular weight is 402 g/mol. The first-order valence-electron chi connectivity index (χ1n) is 8.65. The van der Waals surface area contributed by atoms with Crippen LogP contribution in [0.3, 0.4) is 0 Å². The summed E-state index contributed by atoms with van der Waals surface area (Å²) < 4.78 is 10.5. The summed E-state index contributed by atoms with van der Waals surface area (Å²) in [6, 6.07) is 12.7. The standard InChI is InChI=1S/C21H20ClNO5/c1-27-12-11-23-18(15-5-3-4-6-16(15)28-2)17(20(25)21(23)26)19(24)13-7-9-14(22)10-8-13/h3-10,18,24H,11-12H2,1-2H3/b19-17-. The van der Waals surface area contributed by atoms with E-state index in [-0.39, 0.29) is 24.5 Å². The third-order valence-corrected chi connectivity index (χ3v) is 4.88. The first kappa shape index (κ1) is 19.9. The van der Waals surface area contributed by atoms with E-state index in [4.69, 9.17) is 21.1 Å². The second kappa shape index (κ2) is 8.46. The predicted molar refractivity (Wildman–Crippen MR) is 105 cm³/mol. The van der Waals surface area contributed by atoms with Crippen LogP contribution < -0.4 is 4.74 Å². The molecule has 0 radical (unpaired) electrons. The Hall–Kier alpha value is -2.83. The van der Waals surface area contributed by atoms with Crippen molar-refractivity contribution < 1.29 is 24.2 Å². The van der Waals surface area contributed by atoms with E-state index in [0.29, 0.717) is 21.9 Å². The molecule has 1 atom stereocenters. The number of rotatable bonds is 6.